The molecule has 220 valence electrons. The van der Waals surface area contributed by atoms with Crippen molar-refractivity contribution in [2.24, 2.45) is 0 Å². The number of benzene rings is 4. The van der Waals surface area contributed by atoms with Crippen LogP contribution >= 0.6 is 0 Å². The highest BCUT2D eigenvalue weighted by Gasteiger charge is 2.42. The van der Waals surface area contributed by atoms with Gasteiger partial charge in [-0.2, -0.15) is 0 Å². The second-order valence-electron chi connectivity index (χ2n) is 10.1. The molecule has 0 unspecified atom stereocenters. The highest BCUT2D eigenvalue weighted by Crippen LogP contribution is 2.51. The third-order valence-electron chi connectivity index (χ3n) is 7.37. The fourth-order valence-electron chi connectivity index (χ4n) is 5.28. The second kappa shape index (κ2) is 9.72. The summed E-state index contributed by atoms with van der Waals surface area (Å²) in [4.78, 5) is 26.1. The van der Waals surface area contributed by atoms with Crippen molar-refractivity contribution >= 4 is 11.6 Å². The van der Waals surface area contributed by atoms with Gasteiger partial charge in [0.1, 0.15) is 51.4 Å². The van der Waals surface area contributed by atoms with E-state index in [2.05, 4.69) is 0 Å². The Morgan fingerprint density at radius 3 is 1.67 bits per heavy atom. The number of carbonyl (C=O) groups excluding carboxylic acids is 2. The van der Waals surface area contributed by atoms with E-state index in [9.17, 15) is 55.5 Å². The molecule has 0 fully saturated rings. The zero-order chi connectivity index (χ0) is 30.9. The molecule has 0 saturated heterocycles. The SMILES string of the molecule is O=C1c2c(O)cc(O)cc2O[C@@H](c2ccc(O)c(-c3c(O)cc4c(c3O)C(=O)[C@@H](O)[C@H](c3ccc(O)c(O)c3)O4)c2)[C@@H]1O. The summed E-state index contributed by atoms with van der Waals surface area (Å²) in [6.45, 7) is 0. The van der Waals surface area contributed by atoms with Crippen molar-refractivity contribution in [1.29, 1.82) is 0 Å². The van der Waals surface area contributed by atoms with E-state index in [0.717, 1.165) is 36.4 Å². The number of phenolic OH excluding ortho intramolecular Hbond substituents is 7. The van der Waals surface area contributed by atoms with Crippen LogP contribution in [0.3, 0.4) is 0 Å². The van der Waals surface area contributed by atoms with E-state index < -0.39 is 87.4 Å². The lowest BCUT2D eigenvalue weighted by Crippen LogP contribution is -2.36. The van der Waals surface area contributed by atoms with Crippen LogP contribution in [0.25, 0.3) is 11.1 Å². The van der Waals surface area contributed by atoms with Crippen LogP contribution in [0.5, 0.6) is 51.7 Å². The molecule has 0 radical (unpaired) electrons. The number of fused-ring (bicyclic) bond motifs is 2. The molecule has 2 aliphatic rings. The molecule has 4 aromatic carbocycles. The van der Waals surface area contributed by atoms with Crippen molar-refractivity contribution in [2.45, 2.75) is 24.4 Å². The maximum absolute atomic E-state index is 13.2. The summed E-state index contributed by atoms with van der Waals surface area (Å²) in [5, 5.41) is 93.5. The quantitative estimate of drug-likeness (QED) is 0.156. The van der Waals surface area contributed by atoms with Crippen molar-refractivity contribution in [3.05, 3.63) is 76.9 Å². The molecular weight excluding hydrogens is 568 g/mol. The van der Waals surface area contributed by atoms with Gasteiger partial charge in [0.2, 0.25) is 11.6 Å². The van der Waals surface area contributed by atoms with Gasteiger partial charge in [-0.15, -0.1) is 0 Å². The number of aliphatic hydroxyl groups is 2. The first-order valence-corrected chi connectivity index (χ1v) is 12.6. The Hall–Kier alpha value is -5.66. The largest absolute Gasteiger partial charge is 0.508 e. The van der Waals surface area contributed by atoms with E-state index in [1.54, 1.807) is 0 Å². The van der Waals surface area contributed by atoms with Crippen LogP contribution in [0.15, 0.2) is 54.6 Å². The monoisotopic (exact) mass is 590 g/mol. The lowest BCUT2D eigenvalue weighted by molar-refractivity contribution is 0.0207. The third kappa shape index (κ3) is 4.26. The summed E-state index contributed by atoms with van der Waals surface area (Å²) < 4.78 is 11.4. The number of Topliss-reactive ketones (excluding diaryl/α,β-unsaturated/α-hetero) is 2. The molecule has 4 aromatic rings. The predicted octanol–water partition coefficient (Wildman–Crippen LogP) is 2.65. The molecule has 0 aromatic heterocycles. The van der Waals surface area contributed by atoms with Gasteiger partial charge in [0, 0.05) is 23.8 Å². The molecule has 0 spiro atoms. The molecule has 4 atom stereocenters. The number of carbonyl (C=O) groups is 2. The maximum atomic E-state index is 13.2. The minimum absolute atomic E-state index is 0.0634. The number of rotatable bonds is 3. The summed E-state index contributed by atoms with van der Waals surface area (Å²) in [5.41, 5.74) is -1.39. The normalized spacial score (nSPS) is 21.0. The Labute approximate surface area is 240 Å². The molecule has 43 heavy (non-hydrogen) atoms. The van der Waals surface area contributed by atoms with Crippen molar-refractivity contribution in [3.63, 3.8) is 0 Å². The van der Waals surface area contributed by atoms with Gasteiger partial charge >= 0.3 is 0 Å². The first-order chi connectivity index (χ1) is 20.4. The summed E-state index contributed by atoms with van der Waals surface area (Å²) in [5.74, 6) is -6.49. The van der Waals surface area contributed by atoms with Crippen molar-refractivity contribution in [3.8, 4) is 62.9 Å². The Morgan fingerprint density at radius 2 is 1.05 bits per heavy atom. The third-order valence-corrected chi connectivity index (χ3v) is 7.37. The number of aromatic hydroxyl groups is 7. The highest BCUT2D eigenvalue weighted by atomic mass is 16.5. The lowest BCUT2D eigenvalue weighted by atomic mass is 9.88. The number of hydrogen-bond acceptors (Lipinski definition) is 13. The molecule has 0 amide bonds. The van der Waals surface area contributed by atoms with Crippen LogP contribution in [0.2, 0.25) is 0 Å². The van der Waals surface area contributed by atoms with Crippen LogP contribution in [0.1, 0.15) is 44.1 Å². The average molecular weight is 590 g/mol. The van der Waals surface area contributed by atoms with Crippen LogP contribution in [0, 0.1) is 0 Å². The Kier molecular flexibility index (Phi) is 6.22. The molecular formula is C30H22O13. The summed E-state index contributed by atoms with van der Waals surface area (Å²) >= 11 is 0. The van der Waals surface area contributed by atoms with Gasteiger partial charge in [0.05, 0.1) is 5.56 Å². The van der Waals surface area contributed by atoms with E-state index >= 15 is 0 Å². The van der Waals surface area contributed by atoms with Gasteiger partial charge in [-0.05, 0) is 35.4 Å². The highest BCUT2D eigenvalue weighted by molar-refractivity contribution is 6.08. The lowest BCUT2D eigenvalue weighted by Gasteiger charge is -2.31. The smallest absolute Gasteiger partial charge is 0.202 e. The van der Waals surface area contributed by atoms with E-state index in [-0.39, 0.29) is 33.8 Å². The zero-order valence-electron chi connectivity index (χ0n) is 21.7. The van der Waals surface area contributed by atoms with Crippen LogP contribution in [0.4, 0.5) is 0 Å². The molecule has 0 aliphatic carbocycles. The second-order valence-corrected chi connectivity index (χ2v) is 10.1. The van der Waals surface area contributed by atoms with Gasteiger partial charge in [-0.3, -0.25) is 9.59 Å². The van der Waals surface area contributed by atoms with Crippen LogP contribution in [-0.4, -0.2) is 69.7 Å². The predicted molar refractivity (Wildman–Crippen MR) is 144 cm³/mol. The van der Waals surface area contributed by atoms with Gasteiger partial charge in [-0.1, -0.05) is 12.1 Å². The van der Waals surface area contributed by atoms with E-state index in [0.29, 0.717) is 0 Å². The van der Waals surface area contributed by atoms with Crippen molar-refractivity contribution in [1.82, 2.24) is 0 Å². The maximum Gasteiger partial charge on any atom is 0.202 e. The summed E-state index contributed by atoms with van der Waals surface area (Å²) in [6, 6.07) is 10.0. The number of ether oxygens (including phenoxy) is 2. The fourth-order valence-corrected chi connectivity index (χ4v) is 5.28. The van der Waals surface area contributed by atoms with Gasteiger partial charge < -0.3 is 55.4 Å². The Bertz CT molecular complexity index is 1850. The van der Waals surface area contributed by atoms with Crippen molar-refractivity contribution in [2.75, 3.05) is 0 Å². The summed E-state index contributed by atoms with van der Waals surface area (Å²) in [7, 11) is 0. The molecule has 13 nitrogen and oxygen atoms in total. The molecule has 2 heterocycles. The number of ketones is 2. The fraction of sp³-hybridized carbons (Fsp3) is 0.133. The van der Waals surface area contributed by atoms with Crippen molar-refractivity contribution < 1.29 is 65.0 Å². The molecule has 2 aliphatic heterocycles. The van der Waals surface area contributed by atoms with Crippen LogP contribution in [-0.2, 0) is 0 Å². The number of aliphatic hydroxyl groups excluding tert-OH is 2. The molecule has 0 bridgehead atoms. The molecule has 6 rings (SSSR count). The average Bonchev–Trinajstić information content (AvgIpc) is 2.94. The topological polar surface area (TPSA) is 235 Å². The minimum Gasteiger partial charge on any atom is -0.508 e. The standard InChI is InChI=1S/C30H22O13/c31-12-7-17(35)22-19(8-12)42-29(27(40)25(22)38)10-1-3-14(32)13(5-10)21-18(36)9-20-23(24(21)37)26(39)28(41)30(43-20)11-2-4-15(33)16(34)6-11/h1-9,27-37,40-41H/t27-,28-,29+,30+/m1/s1. The number of phenols is 7. The summed E-state index contributed by atoms with van der Waals surface area (Å²) in [6.07, 6.45) is -6.52. The zero-order valence-corrected chi connectivity index (χ0v) is 21.7. The molecule has 13 heteroatoms. The minimum atomic E-state index is -1.88. The van der Waals surface area contributed by atoms with Gasteiger partial charge in [-0.25, -0.2) is 0 Å². The van der Waals surface area contributed by atoms with Crippen LogP contribution < -0.4 is 9.47 Å². The van der Waals surface area contributed by atoms with E-state index in [1.807, 2.05) is 0 Å². The van der Waals surface area contributed by atoms with Gasteiger partial charge in [0.15, 0.2) is 35.9 Å². The van der Waals surface area contributed by atoms with E-state index in [1.165, 1.54) is 18.2 Å². The number of hydrogen-bond donors (Lipinski definition) is 9. The van der Waals surface area contributed by atoms with E-state index in [4.69, 9.17) is 9.47 Å². The molecule has 0 saturated carbocycles. The van der Waals surface area contributed by atoms with Gasteiger partial charge in [0.25, 0.3) is 0 Å². The first-order valence-electron chi connectivity index (χ1n) is 12.6. The Balaban J connectivity index is 1.42. The first kappa shape index (κ1) is 27.5. The Morgan fingerprint density at radius 1 is 0.512 bits per heavy atom. The molecule has 9 N–H and O–H groups in total.